The largest absolute Gasteiger partial charge is 0.356 e. The second-order valence-corrected chi connectivity index (χ2v) is 37.6. The predicted octanol–water partition coefficient (Wildman–Crippen LogP) is 7.79. The number of nitrogens with one attached hydrogen (secondary N) is 14. The molecule has 36 nitrogen and oxygen atoms in total. The summed E-state index contributed by atoms with van der Waals surface area (Å²) in [5, 5.41) is 42.3. The van der Waals surface area contributed by atoms with Crippen LogP contribution in [0.1, 0.15) is 351 Å². The number of carbonyl (C=O) groups is 14. The van der Waals surface area contributed by atoms with Gasteiger partial charge in [0, 0.05) is 326 Å². The van der Waals surface area contributed by atoms with Crippen molar-refractivity contribution in [1.29, 1.82) is 0 Å². The highest BCUT2D eigenvalue weighted by molar-refractivity contribution is 5.81. The van der Waals surface area contributed by atoms with Crippen LogP contribution in [0.4, 0.5) is 0 Å². The molecule has 0 unspecified atom stereocenters. The average molecular weight is 1990 g/mol. The van der Waals surface area contributed by atoms with Gasteiger partial charge >= 0.3 is 0 Å². The van der Waals surface area contributed by atoms with Crippen LogP contribution in [-0.4, -0.2) is 353 Å². The zero-order valence-corrected chi connectivity index (χ0v) is 89.4. The predicted molar refractivity (Wildman–Crippen MR) is 564 cm³/mol. The van der Waals surface area contributed by atoms with Gasteiger partial charge in [0.1, 0.15) is 0 Å². The van der Waals surface area contributed by atoms with Crippen LogP contribution in [0.25, 0.3) is 0 Å². The van der Waals surface area contributed by atoms with Crippen molar-refractivity contribution < 1.29 is 67.1 Å². The highest BCUT2D eigenvalue weighted by Crippen LogP contribution is 2.10. The molecule has 0 heterocycles. The summed E-state index contributed by atoms with van der Waals surface area (Å²) < 4.78 is 0. The molecule has 0 aromatic carbocycles. The van der Waals surface area contributed by atoms with Gasteiger partial charge in [-0.2, -0.15) is 0 Å². The molecule has 0 fully saturated rings. The molecule has 0 aromatic rings. The third kappa shape index (κ3) is 88.0. The Morgan fingerprint density at radius 2 is 0.236 bits per heavy atom. The Kier molecular flexibility index (Phi) is 92.0. The maximum absolute atomic E-state index is 13.7. The molecule has 0 aliphatic carbocycles. The van der Waals surface area contributed by atoms with E-state index in [0.29, 0.717) is 164 Å². The lowest BCUT2D eigenvalue weighted by atomic mass is 10.2. The topological polar surface area (TPSA) is 456 Å². The number of rotatable bonds is 102. The molecule has 16 N–H and O–H groups in total. The van der Waals surface area contributed by atoms with E-state index in [4.69, 9.17) is 5.73 Å². The summed E-state index contributed by atoms with van der Waals surface area (Å²) in [7, 11) is 0. The van der Waals surface area contributed by atoms with Crippen LogP contribution in [0.2, 0.25) is 0 Å². The molecular formula is C104H204N22O14. The number of hydrogen-bond donors (Lipinski definition) is 15. The summed E-state index contributed by atoms with van der Waals surface area (Å²) in [4.78, 5) is 200. The first-order valence-electron chi connectivity index (χ1n) is 55.5. The lowest BCUT2D eigenvalue weighted by Gasteiger charge is -2.24. The number of nitrogens with two attached hydrogens (primary N) is 1. The smallest absolute Gasteiger partial charge is 0.221 e. The first-order chi connectivity index (χ1) is 68.0. The maximum atomic E-state index is 13.7. The number of amides is 14. The van der Waals surface area contributed by atoms with Gasteiger partial charge in [-0.05, 0) is 51.4 Å². The van der Waals surface area contributed by atoms with E-state index in [0.717, 1.165) is 205 Å². The standard InChI is InChI=1S/C104H204N22O14/c1-9-17-25-33-56-106-91(127)43-72-121(73-44-92(128)107-57-34-26-18-10-2)85-66-116-101(137)51-80-125(81-52-102(138)117-67-86-122(74-45-93(129)108-58-35-27-19-11-3)75-46-94(130)109-59-36-28-20-12-4)89-64-114-99(135)41-70-120(84-55-105)71-42-100(136)115-65-90-126(82-53-103(139)118-68-87-123(76-47-95(131)110-60-37-29-21-13-5)77-48-96(132)111-61-38-30-22-14-6)83-54-104(140)119-69-88-124(78-49-97(133)112-62-39-31-23-15-7)79-50-98(134)113-63-40-32-24-16-8/h9-90,105H2,1-8H3,(H,106,127)(H,107,128)(H,108,129)(H,109,130)(H,110,131)(H,111,132)(H,112,133)(H,113,134)(H,114,135)(H,115,136)(H,116,137)(H,117,138)(H,118,139)(H,119,140). The fourth-order valence-corrected chi connectivity index (χ4v) is 15.8. The minimum Gasteiger partial charge on any atom is -0.356 e. The summed E-state index contributed by atoms with van der Waals surface area (Å²) >= 11 is 0. The van der Waals surface area contributed by atoms with Crippen molar-refractivity contribution in [3.63, 3.8) is 0 Å². The van der Waals surface area contributed by atoms with Crippen LogP contribution >= 0.6 is 0 Å². The lowest BCUT2D eigenvalue weighted by molar-refractivity contribution is -0.123. The summed E-state index contributed by atoms with van der Waals surface area (Å²) in [6.07, 6.45) is 35.7. The second-order valence-electron chi connectivity index (χ2n) is 37.6. The highest BCUT2D eigenvalue weighted by Gasteiger charge is 2.22. The van der Waals surface area contributed by atoms with Crippen LogP contribution < -0.4 is 80.2 Å². The van der Waals surface area contributed by atoms with E-state index >= 15 is 0 Å². The van der Waals surface area contributed by atoms with Gasteiger partial charge in [0.15, 0.2) is 0 Å². The molecule has 0 bridgehead atoms. The quantitative estimate of drug-likeness (QED) is 0.0258. The summed E-state index contributed by atoms with van der Waals surface area (Å²) in [5.41, 5.74) is 6.11. The molecule has 14 amide bonds. The van der Waals surface area contributed by atoms with Crippen molar-refractivity contribution >= 4 is 82.7 Å². The Hall–Kier alpha value is -7.74. The summed E-state index contributed by atoms with van der Waals surface area (Å²) in [5.74, 6) is -1.94. The van der Waals surface area contributed by atoms with Gasteiger partial charge in [-0.15, -0.1) is 0 Å². The fraction of sp³-hybridized carbons (Fsp3) is 0.865. The third-order valence-corrected chi connectivity index (χ3v) is 24.9. The van der Waals surface area contributed by atoms with Crippen molar-refractivity contribution in [3.05, 3.63) is 0 Å². The first-order valence-corrected chi connectivity index (χ1v) is 55.5. The lowest BCUT2D eigenvalue weighted by Crippen LogP contribution is -2.42. The minimum atomic E-state index is -0.251. The number of hydrogen-bond acceptors (Lipinski definition) is 22. The molecule has 0 rings (SSSR count). The van der Waals surface area contributed by atoms with Gasteiger partial charge in [-0.1, -0.05) is 209 Å². The fourth-order valence-electron chi connectivity index (χ4n) is 15.8. The van der Waals surface area contributed by atoms with E-state index in [1.807, 2.05) is 34.3 Å². The van der Waals surface area contributed by atoms with Crippen LogP contribution in [0.15, 0.2) is 0 Å². The zero-order chi connectivity index (χ0) is 103. The summed E-state index contributed by atoms with van der Waals surface area (Å²) in [6.45, 7) is 31.2. The van der Waals surface area contributed by atoms with Crippen molar-refractivity contribution in [1.82, 2.24) is 109 Å². The van der Waals surface area contributed by atoms with Gasteiger partial charge < -0.3 is 114 Å². The third-order valence-electron chi connectivity index (χ3n) is 24.9. The van der Waals surface area contributed by atoms with Gasteiger partial charge in [0.25, 0.3) is 0 Å². The number of carbonyl (C=O) groups excluding carboxylic acids is 14. The zero-order valence-electron chi connectivity index (χ0n) is 89.4. The van der Waals surface area contributed by atoms with E-state index in [2.05, 4.69) is 130 Å². The van der Waals surface area contributed by atoms with Gasteiger partial charge in [-0.3, -0.25) is 67.1 Å². The van der Waals surface area contributed by atoms with Crippen LogP contribution in [0.3, 0.4) is 0 Å². The van der Waals surface area contributed by atoms with E-state index < -0.39 is 0 Å². The molecule has 0 spiro atoms. The van der Waals surface area contributed by atoms with Gasteiger partial charge in [-0.25, -0.2) is 0 Å². The minimum absolute atomic E-state index is 0.0633. The Balaban J connectivity index is 6.64. The van der Waals surface area contributed by atoms with E-state index in [9.17, 15) is 67.1 Å². The van der Waals surface area contributed by atoms with Crippen molar-refractivity contribution in [2.45, 2.75) is 351 Å². The van der Waals surface area contributed by atoms with Crippen LogP contribution in [-0.2, 0) is 67.1 Å². The van der Waals surface area contributed by atoms with Gasteiger partial charge in [0.05, 0.1) is 0 Å². The molecule has 0 aliphatic heterocycles. The van der Waals surface area contributed by atoms with Crippen molar-refractivity contribution in [3.8, 4) is 0 Å². The molecule has 140 heavy (non-hydrogen) atoms. The van der Waals surface area contributed by atoms with Crippen molar-refractivity contribution in [2.24, 2.45) is 5.73 Å². The Bertz CT molecular complexity index is 2680. The molecule has 0 aromatic heterocycles. The molecule has 814 valence electrons. The first kappa shape index (κ1) is 132. The average Bonchev–Trinajstić information content (AvgIpc) is 0.957. The molecule has 0 saturated heterocycles. The van der Waals surface area contributed by atoms with Gasteiger partial charge in [0.2, 0.25) is 82.7 Å². The monoisotopic (exact) mass is 1990 g/mol. The van der Waals surface area contributed by atoms with Crippen LogP contribution in [0, 0.1) is 0 Å². The van der Waals surface area contributed by atoms with E-state index in [1.54, 1.807) is 0 Å². The molecule has 0 atom stereocenters. The Morgan fingerprint density at radius 1 is 0.136 bits per heavy atom. The SMILES string of the molecule is CCCCCCNC(=O)CCN(CCNC(=O)CCN(CCNC(=O)CCN(CCN)CCC(=O)NCCN(CCC(=O)NCCN(CCC(=O)NCCCCCC)CCC(=O)NCCCCCC)CCC(=O)NCCN(CCC(=O)NCCCCCC)CCC(=O)NCCCCCC)CCC(=O)NCCN(CCC(=O)NCCCCCC)CCC(=O)NCCCCCC)CCC(=O)NCCCCCC. The van der Waals surface area contributed by atoms with E-state index in [-0.39, 0.29) is 245 Å². The Labute approximate surface area is 846 Å². The summed E-state index contributed by atoms with van der Waals surface area (Å²) in [6, 6.07) is 0. The molecule has 0 saturated carbocycles. The number of unbranched alkanes of at least 4 members (excludes halogenated alkanes) is 24. The normalized spacial score (nSPS) is 11.4. The molecule has 36 heteroatoms. The molecular weight excluding hydrogens is 1780 g/mol. The molecule has 0 aliphatic rings. The Morgan fingerprint density at radius 3 is 0.336 bits per heavy atom. The van der Waals surface area contributed by atoms with E-state index in [1.165, 1.54) is 0 Å². The van der Waals surface area contributed by atoms with Crippen LogP contribution in [0.5, 0.6) is 0 Å². The van der Waals surface area contributed by atoms with Crippen molar-refractivity contribution in [2.75, 3.05) is 236 Å². The highest BCUT2D eigenvalue weighted by atomic mass is 16.2. The maximum Gasteiger partial charge on any atom is 0.221 e. The molecule has 0 radical (unpaired) electrons. The number of nitrogens with zero attached hydrogens (tertiary/aromatic N) is 7. The second kappa shape index (κ2) is 97.3.